The summed E-state index contributed by atoms with van der Waals surface area (Å²) in [6, 6.07) is 15.7. The zero-order valence-corrected chi connectivity index (χ0v) is 14.3. The number of benzene rings is 2. The smallest absolute Gasteiger partial charge is 0.343 e. The molecule has 1 N–H and O–H groups in total. The lowest BCUT2D eigenvalue weighted by Crippen LogP contribution is -2.16. The van der Waals surface area contributed by atoms with Crippen molar-refractivity contribution in [2.45, 2.75) is 32.6 Å². The van der Waals surface area contributed by atoms with E-state index in [0.29, 0.717) is 17.7 Å². The van der Waals surface area contributed by atoms with Gasteiger partial charge >= 0.3 is 5.97 Å². The van der Waals surface area contributed by atoms with Gasteiger partial charge in [0.15, 0.2) is 0 Å². The molecular weight excluding hydrogens is 316 g/mol. The van der Waals surface area contributed by atoms with Gasteiger partial charge in [0.2, 0.25) is 5.91 Å². The second-order valence-electron chi connectivity index (χ2n) is 5.57. The Morgan fingerprint density at radius 3 is 2.44 bits per heavy atom. The molecule has 0 saturated carbocycles. The van der Waals surface area contributed by atoms with E-state index < -0.39 is 5.97 Å². The first-order valence-electron chi connectivity index (χ1n) is 8.38. The van der Waals surface area contributed by atoms with Crippen molar-refractivity contribution in [3.05, 3.63) is 65.7 Å². The van der Waals surface area contributed by atoms with Gasteiger partial charge in [-0.2, -0.15) is 5.10 Å². The molecule has 5 heteroatoms. The summed E-state index contributed by atoms with van der Waals surface area (Å²) in [6.45, 7) is 2.09. The van der Waals surface area contributed by atoms with Crippen LogP contribution in [-0.2, 0) is 4.79 Å². The molecule has 5 nitrogen and oxygen atoms in total. The highest BCUT2D eigenvalue weighted by atomic mass is 16.5. The summed E-state index contributed by atoms with van der Waals surface area (Å²) < 4.78 is 5.30. The highest BCUT2D eigenvalue weighted by molar-refractivity contribution is 5.91. The highest BCUT2D eigenvalue weighted by Gasteiger charge is 2.07. The number of carbonyl (C=O) groups excluding carboxylic acids is 2. The van der Waals surface area contributed by atoms with Gasteiger partial charge in [-0.05, 0) is 48.4 Å². The number of hydrogen-bond donors (Lipinski definition) is 1. The maximum atomic E-state index is 12.0. The summed E-state index contributed by atoms with van der Waals surface area (Å²) in [5.74, 6) is -0.0333. The Bertz CT molecular complexity index is 709. The fraction of sp³-hybridized carbons (Fsp3) is 0.250. The summed E-state index contributed by atoms with van der Waals surface area (Å²) in [7, 11) is 0. The first kappa shape index (κ1) is 18.4. The zero-order valence-electron chi connectivity index (χ0n) is 14.3. The monoisotopic (exact) mass is 338 g/mol. The average Bonchev–Trinajstić information content (AvgIpc) is 2.64. The number of carbonyl (C=O) groups is 2. The molecule has 0 fully saturated rings. The van der Waals surface area contributed by atoms with Crippen LogP contribution in [0.4, 0.5) is 0 Å². The number of hydrogen-bond acceptors (Lipinski definition) is 4. The van der Waals surface area contributed by atoms with Gasteiger partial charge in [-0.3, -0.25) is 4.79 Å². The molecule has 130 valence electrons. The van der Waals surface area contributed by atoms with Crippen LogP contribution < -0.4 is 10.2 Å². The normalized spacial score (nSPS) is 10.6. The molecule has 0 aliphatic carbocycles. The predicted molar refractivity (Wildman–Crippen MR) is 97.7 cm³/mol. The molecule has 0 aliphatic heterocycles. The number of esters is 1. The predicted octanol–water partition coefficient (Wildman–Crippen LogP) is 3.94. The van der Waals surface area contributed by atoms with Crippen LogP contribution in [0.2, 0.25) is 0 Å². The van der Waals surface area contributed by atoms with Crippen LogP contribution in [0.5, 0.6) is 5.75 Å². The standard InChI is InChI=1S/C20H22N2O3/c1-2-3-5-10-19(23)22-21-15-16-11-13-18(14-12-16)25-20(24)17-8-6-4-7-9-17/h4,6-9,11-15H,2-3,5,10H2,1H3,(H,22,23)/b21-15-. The molecule has 25 heavy (non-hydrogen) atoms. The van der Waals surface area contributed by atoms with Gasteiger partial charge in [0, 0.05) is 6.42 Å². The van der Waals surface area contributed by atoms with Crippen LogP contribution >= 0.6 is 0 Å². The lowest BCUT2D eigenvalue weighted by Gasteiger charge is -2.04. The van der Waals surface area contributed by atoms with Crippen molar-refractivity contribution in [2.75, 3.05) is 0 Å². The average molecular weight is 338 g/mol. The van der Waals surface area contributed by atoms with Gasteiger partial charge in [0.1, 0.15) is 5.75 Å². The zero-order chi connectivity index (χ0) is 17.9. The molecular formula is C20H22N2O3. The van der Waals surface area contributed by atoms with Crippen LogP contribution in [0, 0.1) is 0 Å². The van der Waals surface area contributed by atoms with Crippen LogP contribution in [-0.4, -0.2) is 18.1 Å². The maximum absolute atomic E-state index is 12.0. The number of hydrazone groups is 1. The van der Waals surface area contributed by atoms with Crippen molar-refractivity contribution >= 4 is 18.1 Å². The highest BCUT2D eigenvalue weighted by Crippen LogP contribution is 2.13. The third-order valence-corrected chi connectivity index (χ3v) is 3.51. The topological polar surface area (TPSA) is 67.8 Å². The van der Waals surface area contributed by atoms with Crippen molar-refractivity contribution in [3.8, 4) is 5.75 Å². The molecule has 2 rings (SSSR count). The van der Waals surface area contributed by atoms with Gasteiger partial charge in [0.25, 0.3) is 0 Å². The van der Waals surface area contributed by atoms with Crippen LogP contribution in [0.25, 0.3) is 0 Å². The molecule has 0 heterocycles. The minimum absolute atomic E-state index is 0.0851. The Labute approximate surface area is 147 Å². The SMILES string of the molecule is CCCCCC(=O)N/N=C\c1ccc(OC(=O)c2ccccc2)cc1. The summed E-state index contributed by atoms with van der Waals surface area (Å²) in [5.41, 5.74) is 3.80. The minimum Gasteiger partial charge on any atom is -0.423 e. The van der Waals surface area contributed by atoms with Crippen molar-refractivity contribution in [3.63, 3.8) is 0 Å². The fourth-order valence-corrected chi connectivity index (χ4v) is 2.13. The molecule has 2 aromatic carbocycles. The first-order valence-corrected chi connectivity index (χ1v) is 8.38. The van der Waals surface area contributed by atoms with Crippen LogP contribution in [0.1, 0.15) is 48.5 Å². The molecule has 1 amide bonds. The van der Waals surface area contributed by atoms with E-state index in [4.69, 9.17) is 4.74 Å². The number of ether oxygens (including phenoxy) is 1. The Morgan fingerprint density at radius 1 is 1.04 bits per heavy atom. The largest absolute Gasteiger partial charge is 0.423 e. The van der Waals surface area contributed by atoms with Gasteiger partial charge < -0.3 is 4.74 Å². The van der Waals surface area contributed by atoms with E-state index in [1.54, 1.807) is 54.7 Å². The molecule has 2 aromatic rings. The van der Waals surface area contributed by atoms with E-state index in [-0.39, 0.29) is 5.91 Å². The van der Waals surface area contributed by atoms with E-state index in [9.17, 15) is 9.59 Å². The van der Waals surface area contributed by atoms with Crippen LogP contribution in [0.3, 0.4) is 0 Å². The fourth-order valence-electron chi connectivity index (χ4n) is 2.13. The van der Waals surface area contributed by atoms with E-state index >= 15 is 0 Å². The number of rotatable bonds is 8. The summed E-state index contributed by atoms with van der Waals surface area (Å²) in [4.78, 5) is 23.5. The molecule has 0 aromatic heterocycles. The molecule has 0 radical (unpaired) electrons. The van der Waals surface area contributed by atoms with Crippen molar-refractivity contribution in [2.24, 2.45) is 5.10 Å². The lowest BCUT2D eigenvalue weighted by atomic mass is 10.2. The lowest BCUT2D eigenvalue weighted by molar-refractivity contribution is -0.121. The van der Waals surface area contributed by atoms with Crippen molar-refractivity contribution in [1.82, 2.24) is 5.43 Å². The Kier molecular flexibility index (Phi) is 7.38. The number of amides is 1. The minimum atomic E-state index is -0.402. The number of nitrogens with one attached hydrogen (secondary N) is 1. The molecule has 0 spiro atoms. The Balaban J connectivity index is 1.82. The second-order valence-corrected chi connectivity index (χ2v) is 5.57. The van der Waals surface area contributed by atoms with Crippen LogP contribution in [0.15, 0.2) is 59.7 Å². The van der Waals surface area contributed by atoms with Gasteiger partial charge in [0.05, 0.1) is 11.8 Å². The molecule has 0 atom stereocenters. The number of nitrogens with zero attached hydrogens (tertiary/aromatic N) is 1. The Morgan fingerprint density at radius 2 is 1.76 bits per heavy atom. The van der Waals surface area contributed by atoms with Gasteiger partial charge in [-0.15, -0.1) is 0 Å². The van der Waals surface area contributed by atoms with Crippen molar-refractivity contribution in [1.29, 1.82) is 0 Å². The molecule has 0 aliphatic rings. The number of unbranched alkanes of at least 4 members (excludes halogenated alkanes) is 2. The van der Waals surface area contributed by atoms with E-state index in [0.717, 1.165) is 24.8 Å². The summed E-state index contributed by atoms with van der Waals surface area (Å²) in [5, 5.41) is 3.93. The molecule has 0 unspecified atom stereocenters. The Hall–Kier alpha value is -2.95. The molecule has 0 bridgehead atoms. The van der Waals surface area contributed by atoms with E-state index in [2.05, 4.69) is 17.5 Å². The quantitative estimate of drug-likeness (QED) is 0.261. The third kappa shape index (κ3) is 6.59. The summed E-state index contributed by atoms with van der Waals surface area (Å²) in [6.07, 6.45) is 5.04. The maximum Gasteiger partial charge on any atom is 0.343 e. The first-order chi connectivity index (χ1) is 12.2. The molecule has 0 saturated heterocycles. The second kappa shape index (κ2) is 10.0. The third-order valence-electron chi connectivity index (χ3n) is 3.51. The van der Waals surface area contributed by atoms with Gasteiger partial charge in [-0.1, -0.05) is 38.0 Å². The summed E-state index contributed by atoms with van der Waals surface area (Å²) >= 11 is 0. The van der Waals surface area contributed by atoms with Gasteiger partial charge in [-0.25, -0.2) is 10.2 Å². The van der Waals surface area contributed by atoms with E-state index in [1.165, 1.54) is 0 Å². The van der Waals surface area contributed by atoms with E-state index in [1.807, 2.05) is 6.07 Å². The van der Waals surface area contributed by atoms with Crippen molar-refractivity contribution < 1.29 is 14.3 Å².